The molecule has 5 nitrogen and oxygen atoms in total. The van der Waals surface area contributed by atoms with Gasteiger partial charge in [-0.2, -0.15) is 0 Å². The number of hydrogen-bond acceptors (Lipinski definition) is 5. The summed E-state index contributed by atoms with van der Waals surface area (Å²) in [6.45, 7) is 22.5. The number of carbonyl (C=O) groups excluding carboxylic acids is 1. The van der Waals surface area contributed by atoms with Crippen LogP contribution in [0.1, 0.15) is 92.9 Å². The van der Waals surface area contributed by atoms with Gasteiger partial charge in [0.2, 0.25) is 0 Å². The van der Waals surface area contributed by atoms with Gasteiger partial charge in [0.25, 0.3) is 0 Å². The molecule has 0 saturated carbocycles. The molecule has 0 spiro atoms. The molecule has 2 aliphatic rings. The first-order valence-electron chi connectivity index (χ1n) is 12.4. The minimum Gasteiger partial charge on any atom is -0.459 e. The zero-order valence-corrected chi connectivity index (χ0v) is 22.4. The summed E-state index contributed by atoms with van der Waals surface area (Å²) in [5.74, 6) is 0.289. The molecule has 184 valence electrons. The lowest BCUT2D eigenvalue weighted by molar-refractivity contribution is -0.204. The Balaban J connectivity index is 1.93. The summed E-state index contributed by atoms with van der Waals surface area (Å²) in [7, 11) is -0.410. The second kappa shape index (κ2) is 9.01. The third-order valence-electron chi connectivity index (χ3n) is 7.94. The van der Waals surface area contributed by atoms with Gasteiger partial charge < -0.3 is 18.8 Å². The number of ether oxygens (including phenoxy) is 2. The van der Waals surface area contributed by atoms with Gasteiger partial charge in [0.05, 0.1) is 22.7 Å². The number of hydrogen-bond donors (Lipinski definition) is 0. The second-order valence-corrected chi connectivity index (χ2v) is 12.0. The van der Waals surface area contributed by atoms with Crippen LogP contribution in [0.3, 0.4) is 0 Å². The van der Waals surface area contributed by atoms with Gasteiger partial charge in [0.1, 0.15) is 12.2 Å². The molecule has 3 rings (SSSR count). The van der Waals surface area contributed by atoms with E-state index in [-0.39, 0.29) is 41.4 Å². The van der Waals surface area contributed by atoms with Crippen molar-refractivity contribution >= 4 is 18.6 Å². The molecule has 1 aromatic rings. The number of benzene rings is 1. The van der Waals surface area contributed by atoms with E-state index >= 15 is 0 Å². The average Bonchev–Trinajstić information content (AvgIpc) is 2.92. The Hall–Kier alpha value is -1.37. The first-order chi connectivity index (χ1) is 15.1. The van der Waals surface area contributed by atoms with E-state index in [4.69, 9.17) is 18.8 Å². The molecule has 2 heterocycles. The summed E-state index contributed by atoms with van der Waals surface area (Å²) in [6, 6.07) is 6.26. The van der Waals surface area contributed by atoms with Gasteiger partial charge in [-0.1, -0.05) is 39.0 Å². The highest BCUT2D eigenvalue weighted by Crippen LogP contribution is 2.43. The average molecular weight is 458 g/mol. The number of aryl methyl sites for hydroxylation is 1. The molecule has 2 saturated heterocycles. The van der Waals surface area contributed by atoms with E-state index in [1.807, 2.05) is 20.8 Å². The van der Waals surface area contributed by atoms with E-state index in [1.54, 1.807) is 0 Å². The van der Waals surface area contributed by atoms with Crippen LogP contribution in [-0.2, 0) is 23.6 Å². The lowest BCUT2D eigenvalue weighted by Crippen LogP contribution is -2.48. The third kappa shape index (κ3) is 5.03. The molecule has 6 heteroatoms. The van der Waals surface area contributed by atoms with E-state index in [9.17, 15) is 4.79 Å². The van der Waals surface area contributed by atoms with Crippen molar-refractivity contribution in [3.63, 3.8) is 0 Å². The topological polar surface area (TPSA) is 54.0 Å². The Morgan fingerprint density at radius 2 is 1.64 bits per heavy atom. The molecule has 0 bridgehead atoms. The molecule has 2 aliphatic heterocycles. The molecular formula is C27H43BO5. The summed E-state index contributed by atoms with van der Waals surface area (Å²) >= 11 is 0. The lowest BCUT2D eigenvalue weighted by Gasteiger charge is -2.45. The predicted octanol–water partition coefficient (Wildman–Crippen LogP) is 5.37. The van der Waals surface area contributed by atoms with Crippen LogP contribution in [0, 0.1) is 24.2 Å². The van der Waals surface area contributed by atoms with E-state index < -0.39 is 12.5 Å². The Morgan fingerprint density at radius 1 is 1.06 bits per heavy atom. The molecule has 0 radical (unpaired) electrons. The van der Waals surface area contributed by atoms with Gasteiger partial charge >= 0.3 is 13.1 Å². The van der Waals surface area contributed by atoms with E-state index in [0.717, 1.165) is 23.0 Å². The fourth-order valence-corrected chi connectivity index (χ4v) is 4.63. The second-order valence-electron chi connectivity index (χ2n) is 12.0. The van der Waals surface area contributed by atoms with Crippen molar-refractivity contribution in [2.75, 3.05) is 0 Å². The summed E-state index contributed by atoms with van der Waals surface area (Å²) in [5.41, 5.74) is 1.79. The molecule has 0 aromatic heterocycles. The van der Waals surface area contributed by atoms with Crippen LogP contribution in [0.5, 0.6) is 0 Å². The maximum atomic E-state index is 12.8. The van der Waals surface area contributed by atoms with Crippen molar-refractivity contribution in [1.82, 2.24) is 0 Å². The van der Waals surface area contributed by atoms with E-state index in [0.29, 0.717) is 5.92 Å². The fraction of sp³-hybridized carbons (Fsp3) is 0.741. The molecule has 0 unspecified atom stereocenters. The SMILES string of the molecule is CC[C@H]1O[C@H](c2ccc(B3OC(C)(C)C(C)(C)O3)cc2C)[C@@H](OC(=O)C(C)(C)C)[C@@H](C)[C@@H]1C. The largest absolute Gasteiger partial charge is 0.494 e. The first kappa shape index (κ1) is 26.2. The van der Waals surface area contributed by atoms with E-state index in [1.165, 1.54) is 0 Å². The molecule has 0 amide bonds. The summed E-state index contributed by atoms with van der Waals surface area (Å²) in [5, 5.41) is 0. The van der Waals surface area contributed by atoms with E-state index in [2.05, 4.69) is 73.6 Å². The van der Waals surface area contributed by atoms with Crippen molar-refractivity contribution < 1.29 is 23.6 Å². The van der Waals surface area contributed by atoms with Crippen LogP contribution < -0.4 is 5.46 Å². The smallest absolute Gasteiger partial charge is 0.459 e. The molecule has 5 atom stereocenters. The monoisotopic (exact) mass is 458 g/mol. The zero-order valence-electron chi connectivity index (χ0n) is 22.4. The summed E-state index contributed by atoms with van der Waals surface area (Å²) in [4.78, 5) is 12.8. The highest BCUT2D eigenvalue weighted by Gasteiger charge is 2.52. The van der Waals surface area contributed by atoms with Crippen molar-refractivity contribution in [3.05, 3.63) is 29.3 Å². The molecule has 0 N–H and O–H groups in total. The maximum Gasteiger partial charge on any atom is 0.494 e. The van der Waals surface area contributed by atoms with Gasteiger partial charge in [0.15, 0.2) is 0 Å². The van der Waals surface area contributed by atoms with Crippen molar-refractivity contribution in [2.24, 2.45) is 17.3 Å². The molecule has 0 aliphatic carbocycles. The van der Waals surface area contributed by atoms with Crippen molar-refractivity contribution in [3.8, 4) is 0 Å². The minimum absolute atomic E-state index is 0.122. The maximum absolute atomic E-state index is 12.8. The van der Waals surface area contributed by atoms with Crippen LogP contribution in [0.2, 0.25) is 0 Å². The number of rotatable bonds is 4. The summed E-state index contributed by atoms with van der Waals surface area (Å²) in [6.07, 6.45) is 0.403. The first-order valence-corrected chi connectivity index (χ1v) is 12.4. The predicted molar refractivity (Wildman–Crippen MR) is 132 cm³/mol. The van der Waals surface area contributed by atoms with Crippen molar-refractivity contribution in [2.45, 2.75) is 112 Å². The lowest BCUT2D eigenvalue weighted by atomic mass is 9.75. The van der Waals surface area contributed by atoms with Gasteiger partial charge in [-0.15, -0.1) is 0 Å². The number of esters is 1. The minimum atomic E-state index is -0.565. The van der Waals surface area contributed by atoms with Gasteiger partial charge in [-0.05, 0) is 84.3 Å². The van der Waals surface area contributed by atoms with Crippen LogP contribution in [0.15, 0.2) is 18.2 Å². The zero-order chi connectivity index (χ0) is 24.9. The standard InChI is InChI=1S/C27H43BO5/c1-12-21-17(3)18(4)22(31-24(29)25(5,6)7)23(30-21)20-14-13-19(15-16(20)2)28-32-26(8,9)27(10,11)33-28/h13-15,17-18,21-23H,12H2,1-11H3/t17-,18-,21+,22-,23+/m0/s1. The molecule has 2 fully saturated rings. The molecule has 33 heavy (non-hydrogen) atoms. The Labute approximate surface area is 201 Å². The normalized spacial score (nSPS) is 31.5. The molecule has 1 aromatic carbocycles. The van der Waals surface area contributed by atoms with Crippen LogP contribution in [0.25, 0.3) is 0 Å². The highest BCUT2D eigenvalue weighted by atomic mass is 16.7. The van der Waals surface area contributed by atoms with Gasteiger partial charge in [-0.3, -0.25) is 4.79 Å². The fourth-order valence-electron chi connectivity index (χ4n) is 4.63. The van der Waals surface area contributed by atoms with Crippen molar-refractivity contribution in [1.29, 1.82) is 0 Å². The van der Waals surface area contributed by atoms with Crippen LogP contribution >= 0.6 is 0 Å². The summed E-state index contributed by atoms with van der Waals surface area (Å²) < 4.78 is 25.2. The quantitative estimate of drug-likeness (QED) is 0.448. The van der Waals surface area contributed by atoms with Crippen LogP contribution in [-0.4, -0.2) is 36.5 Å². The Morgan fingerprint density at radius 3 is 2.12 bits per heavy atom. The van der Waals surface area contributed by atoms with Gasteiger partial charge in [0, 0.05) is 5.92 Å². The Bertz CT molecular complexity index is 856. The number of carbonyl (C=O) groups is 1. The molecular weight excluding hydrogens is 415 g/mol. The third-order valence-corrected chi connectivity index (χ3v) is 7.94. The highest BCUT2D eigenvalue weighted by molar-refractivity contribution is 6.62. The Kier molecular flexibility index (Phi) is 7.17. The van der Waals surface area contributed by atoms with Gasteiger partial charge in [-0.25, -0.2) is 0 Å². The van der Waals surface area contributed by atoms with Crippen LogP contribution in [0.4, 0.5) is 0 Å².